The minimum absolute atomic E-state index is 0.0420. The number of carbonyl (C=O) groups excluding carboxylic acids is 3. The van der Waals surface area contributed by atoms with E-state index in [1.165, 1.54) is 12.1 Å². The molecule has 2 aliphatic rings. The molecule has 0 radical (unpaired) electrons. The molecule has 2 N–H and O–H groups in total. The average molecular weight is 346 g/mol. The molecule has 0 bridgehead atoms. The maximum Gasteiger partial charge on any atom is 0.173 e. The molecule has 25 heavy (non-hydrogen) atoms. The molecule has 0 spiro atoms. The topological polar surface area (TPSA) is 101 Å². The molecule has 0 aromatic heterocycles. The minimum Gasteiger partial charge on any atom is -0.507 e. The van der Waals surface area contributed by atoms with Crippen LogP contribution in [0.15, 0.2) is 12.1 Å². The molecule has 3 rings (SSSR count). The lowest BCUT2D eigenvalue weighted by atomic mass is 9.65. The van der Waals surface area contributed by atoms with Crippen LogP contribution >= 0.6 is 0 Å². The third kappa shape index (κ3) is 2.84. The van der Waals surface area contributed by atoms with Crippen LogP contribution in [-0.2, 0) is 9.53 Å². The van der Waals surface area contributed by atoms with E-state index in [2.05, 4.69) is 0 Å². The summed E-state index contributed by atoms with van der Waals surface area (Å²) in [7, 11) is 0. The highest BCUT2D eigenvalue weighted by Gasteiger charge is 2.51. The fraction of sp³-hybridized carbons (Fsp3) is 0.526. The van der Waals surface area contributed by atoms with E-state index in [1.54, 1.807) is 0 Å². The Hall–Kier alpha value is -2.21. The summed E-state index contributed by atoms with van der Waals surface area (Å²) < 4.78 is 5.96. The van der Waals surface area contributed by atoms with Gasteiger partial charge in [0.05, 0.1) is 29.3 Å². The van der Waals surface area contributed by atoms with Gasteiger partial charge in [0.2, 0.25) is 0 Å². The highest BCUT2D eigenvalue weighted by atomic mass is 16.5. The van der Waals surface area contributed by atoms with Crippen molar-refractivity contribution in [3.63, 3.8) is 0 Å². The second kappa shape index (κ2) is 6.26. The zero-order chi connectivity index (χ0) is 18.5. The van der Waals surface area contributed by atoms with Crippen molar-refractivity contribution in [2.75, 3.05) is 0 Å². The number of hydrogen-bond acceptors (Lipinski definition) is 6. The van der Waals surface area contributed by atoms with Crippen molar-refractivity contribution >= 4 is 17.3 Å². The van der Waals surface area contributed by atoms with E-state index in [-0.39, 0.29) is 53.3 Å². The highest BCUT2D eigenvalue weighted by Crippen LogP contribution is 2.45. The first-order valence-corrected chi connectivity index (χ1v) is 8.52. The minimum atomic E-state index is -0.849. The Labute approximate surface area is 145 Å². The maximum atomic E-state index is 13.0. The number of hydrogen-bond donors (Lipinski definition) is 2. The third-order valence-corrected chi connectivity index (χ3v) is 5.33. The van der Waals surface area contributed by atoms with Crippen LogP contribution in [0.5, 0.6) is 11.5 Å². The van der Waals surface area contributed by atoms with Gasteiger partial charge in [-0.25, -0.2) is 0 Å². The molecule has 0 aliphatic heterocycles. The molecule has 1 fully saturated rings. The fourth-order valence-electron chi connectivity index (χ4n) is 3.67. The van der Waals surface area contributed by atoms with E-state index in [0.717, 1.165) is 0 Å². The normalized spacial score (nSPS) is 27.2. The summed E-state index contributed by atoms with van der Waals surface area (Å²) >= 11 is 0. The molecule has 0 unspecified atom stereocenters. The summed E-state index contributed by atoms with van der Waals surface area (Å²) in [6.07, 6.45) is -0.847. The molecule has 6 heteroatoms. The van der Waals surface area contributed by atoms with E-state index in [9.17, 15) is 24.6 Å². The van der Waals surface area contributed by atoms with Crippen molar-refractivity contribution in [1.82, 2.24) is 0 Å². The monoisotopic (exact) mass is 346 g/mol. The van der Waals surface area contributed by atoms with Crippen LogP contribution in [0.4, 0.5) is 0 Å². The molecule has 1 aromatic rings. The average Bonchev–Trinajstić information content (AvgIpc) is 2.54. The SMILES string of the molecule is CC(C)[C@@H](C)O[C@@H]1CC(=O)C[C@H]2C(=O)c3c(O)ccc(O)c3C(=O)[C@H]12. The molecule has 0 amide bonds. The number of fused-ring (bicyclic) bond motifs is 2. The Morgan fingerprint density at radius 1 is 0.960 bits per heavy atom. The van der Waals surface area contributed by atoms with Gasteiger partial charge in [0.25, 0.3) is 0 Å². The van der Waals surface area contributed by atoms with Gasteiger partial charge in [-0.1, -0.05) is 13.8 Å². The van der Waals surface area contributed by atoms with Gasteiger partial charge in [-0.15, -0.1) is 0 Å². The summed E-state index contributed by atoms with van der Waals surface area (Å²) in [5, 5.41) is 20.1. The zero-order valence-corrected chi connectivity index (χ0v) is 14.5. The van der Waals surface area contributed by atoms with Gasteiger partial charge >= 0.3 is 0 Å². The number of phenolic OH excluding ortho intramolecular Hbond substituents is 2. The first kappa shape index (κ1) is 17.6. The first-order chi connectivity index (χ1) is 11.7. The molecule has 6 nitrogen and oxygen atoms in total. The number of benzene rings is 1. The van der Waals surface area contributed by atoms with Gasteiger partial charge in [0.15, 0.2) is 11.6 Å². The van der Waals surface area contributed by atoms with Crippen molar-refractivity contribution in [2.24, 2.45) is 17.8 Å². The van der Waals surface area contributed by atoms with Gasteiger partial charge in [-0.05, 0) is 25.0 Å². The van der Waals surface area contributed by atoms with Gasteiger partial charge in [0, 0.05) is 18.8 Å². The smallest absolute Gasteiger partial charge is 0.173 e. The molecule has 1 saturated carbocycles. The Kier molecular flexibility index (Phi) is 4.41. The number of aromatic hydroxyl groups is 2. The lowest BCUT2D eigenvalue weighted by Crippen LogP contribution is -2.50. The molecule has 4 atom stereocenters. The van der Waals surface area contributed by atoms with Crippen molar-refractivity contribution in [1.29, 1.82) is 0 Å². The highest BCUT2D eigenvalue weighted by molar-refractivity contribution is 6.20. The Bertz CT molecular complexity index is 751. The van der Waals surface area contributed by atoms with E-state index < -0.39 is 29.5 Å². The predicted molar refractivity (Wildman–Crippen MR) is 88.8 cm³/mol. The van der Waals surface area contributed by atoms with Crippen LogP contribution in [0, 0.1) is 17.8 Å². The molecule has 134 valence electrons. The summed E-state index contributed by atoms with van der Waals surface area (Å²) in [6.45, 7) is 5.81. The zero-order valence-electron chi connectivity index (χ0n) is 14.5. The molecular formula is C19H22O6. The van der Waals surface area contributed by atoms with Crippen LogP contribution in [-0.4, -0.2) is 39.8 Å². The van der Waals surface area contributed by atoms with E-state index in [4.69, 9.17) is 4.74 Å². The Balaban J connectivity index is 2.07. The van der Waals surface area contributed by atoms with Crippen LogP contribution < -0.4 is 0 Å². The fourth-order valence-corrected chi connectivity index (χ4v) is 3.67. The molecular weight excluding hydrogens is 324 g/mol. The molecule has 1 aromatic carbocycles. The number of phenols is 2. The van der Waals surface area contributed by atoms with Crippen LogP contribution in [0.3, 0.4) is 0 Å². The summed E-state index contributed by atoms with van der Waals surface area (Å²) in [6, 6.07) is 2.37. The summed E-state index contributed by atoms with van der Waals surface area (Å²) in [4.78, 5) is 38.0. The first-order valence-electron chi connectivity index (χ1n) is 8.52. The summed E-state index contributed by atoms with van der Waals surface area (Å²) in [5.41, 5.74) is -0.344. The number of carbonyl (C=O) groups is 3. The molecule has 2 aliphatic carbocycles. The van der Waals surface area contributed by atoms with Gasteiger partial charge in [-0.2, -0.15) is 0 Å². The predicted octanol–water partition coefficient (Wildman–Crippen LogP) is 2.50. The lowest BCUT2D eigenvalue weighted by Gasteiger charge is -2.40. The van der Waals surface area contributed by atoms with Crippen LogP contribution in [0.25, 0.3) is 0 Å². The van der Waals surface area contributed by atoms with Gasteiger partial charge in [0.1, 0.15) is 17.3 Å². The summed E-state index contributed by atoms with van der Waals surface area (Å²) in [5.74, 6) is -3.22. The van der Waals surface area contributed by atoms with Crippen LogP contribution in [0.1, 0.15) is 54.3 Å². The van der Waals surface area contributed by atoms with Crippen molar-refractivity contribution in [2.45, 2.75) is 45.8 Å². The quantitative estimate of drug-likeness (QED) is 0.816. The number of rotatable bonds is 3. The molecule has 0 saturated heterocycles. The van der Waals surface area contributed by atoms with Gasteiger partial charge < -0.3 is 14.9 Å². The van der Waals surface area contributed by atoms with Crippen molar-refractivity contribution in [3.05, 3.63) is 23.3 Å². The van der Waals surface area contributed by atoms with E-state index in [1.807, 2.05) is 20.8 Å². The van der Waals surface area contributed by atoms with Crippen LogP contribution in [0.2, 0.25) is 0 Å². The molecule has 0 heterocycles. The van der Waals surface area contributed by atoms with Gasteiger partial charge in [-0.3, -0.25) is 14.4 Å². The largest absolute Gasteiger partial charge is 0.507 e. The number of ketones is 3. The standard InChI is InChI=1S/C19H22O6/c1-8(2)9(3)25-14-7-10(20)6-11-15(14)19(24)17-13(22)5-4-12(21)16(17)18(11)23/h4-5,8-9,11,14-15,21-22H,6-7H2,1-3H3/t9-,11-,14-,15+/m1/s1. The van der Waals surface area contributed by atoms with E-state index >= 15 is 0 Å². The second-order valence-corrected chi connectivity index (χ2v) is 7.29. The number of ether oxygens (including phenoxy) is 1. The Morgan fingerprint density at radius 3 is 2.08 bits per heavy atom. The maximum absolute atomic E-state index is 13.0. The third-order valence-electron chi connectivity index (χ3n) is 5.33. The Morgan fingerprint density at radius 2 is 1.52 bits per heavy atom. The van der Waals surface area contributed by atoms with Crippen molar-refractivity contribution in [3.8, 4) is 11.5 Å². The van der Waals surface area contributed by atoms with Crippen molar-refractivity contribution < 1.29 is 29.3 Å². The number of Topliss-reactive ketones (excluding diaryl/α,β-unsaturated/α-hetero) is 3. The lowest BCUT2D eigenvalue weighted by molar-refractivity contribution is -0.132. The second-order valence-electron chi connectivity index (χ2n) is 7.29. The van der Waals surface area contributed by atoms with E-state index in [0.29, 0.717) is 0 Å².